The molecule has 2 heterocycles. The number of hydrazone groups is 1. The van der Waals surface area contributed by atoms with Gasteiger partial charge in [-0.05, 0) is 35.9 Å². The Hall–Kier alpha value is -3.45. The highest BCUT2D eigenvalue weighted by Gasteiger charge is 2.41. The van der Waals surface area contributed by atoms with Crippen molar-refractivity contribution in [2.75, 3.05) is 0 Å². The summed E-state index contributed by atoms with van der Waals surface area (Å²) < 4.78 is 19.6. The molecule has 0 amide bonds. The molecule has 0 aliphatic carbocycles. The van der Waals surface area contributed by atoms with Crippen molar-refractivity contribution in [1.29, 1.82) is 0 Å². The summed E-state index contributed by atoms with van der Waals surface area (Å²) in [4.78, 5) is 10.8. The van der Waals surface area contributed by atoms with E-state index in [0.717, 1.165) is 16.8 Å². The van der Waals surface area contributed by atoms with E-state index in [1.54, 1.807) is 41.4 Å². The smallest absolute Gasteiger partial charge is 0.269 e. The SMILES string of the molecule is O=[N+]([O-])c1cccc([C@H]2Oc3ccc(Cl)cc3[C@@H]3CC(c4ccc(F)cc4)=NN23)c1. The monoisotopic (exact) mass is 423 g/mol. The summed E-state index contributed by atoms with van der Waals surface area (Å²) in [5.41, 5.74) is 3.10. The van der Waals surface area contributed by atoms with E-state index in [0.29, 0.717) is 22.8 Å². The number of non-ortho nitro benzene ring substituents is 1. The molecule has 0 radical (unpaired) electrons. The predicted molar refractivity (Wildman–Crippen MR) is 110 cm³/mol. The minimum absolute atomic E-state index is 0.0171. The number of fused-ring (bicyclic) bond motifs is 3. The van der Waals surface area contributed by atoms with Crippen LogP contribution < -0.4 is 4.74 Å². The van der Waals surface area contributed by atoms with Crippen LogP contribution in [0.3, 0.4) is 0 Å². The van der Waals surface area contributed by atoms with Crippen LogP contribution in [0.2, 0.25) is 5.02 Å². The zero-order chi connectivity index (χ0) is 20.8. The summed E-state index contributed by atoms with van der Waals surface area (Å²) in [7, 11) is 0. The fourth-order valence-corrected chi connectivity index (χ4v) is 4.07. The van der Waals surface area contributed by atoms with E-state index in [1.165, 1.54) is 24.3 Å². The van der Waals surface area contributed by atoms with Crippen molar-refractivity contribution in [2.24, 2.45) is 5.10 Å². The second kappa shape index (κ2) is 7.11. The second-order valence-electron chi connectivity index (χ2n) is 7.16. The van der Waals surface area contributed by atoms with Crippen molar-refractivity contribution in [2.45, 2.75) is 18.7 Å². The lowest BCUT2D eigenvalue weighted by molar-refractivity contribution is -0.385. The quantitative estimate of drug-likeness (QED) is 0.404. The molecule has 0 bridgehead atoms. The highest BCUT2D eigenvalue weighted by molar-refractivity contribution is 6.30. The number of benzene rings is 3. The molecule has 2 aliphatic rings. The van der Waals surface area contributed by atoms with Crippen LogP contribution in [0.1, 0.15) is 35.4 Å². The Kier molecular flexibility index (Phi) is 4.40. The summed E-state index contributed by atoms with van der Waals surface area (Å²) in [6, 6.07) is 17.8. The van der Waals surface area contributed by atoms with E-state index >= 15 is 0 Å². The molecule has 6 nitrogen and oxygen atoms in total. The van der Waals surface area contributed by atoms with Crippen molar-refractivity contribution in [3.63, 3.8) is 0 Å². The van der Waals surface area contributed by atoms with Gasteiger partial charge < -0.3 is 4.74 Å². The molecular weight excluding hydrogens is 409 g/mol. The first kappa shape index (κ1) is 18.6. The van der Waals surface area contributed by atoms with E-state index in [2.05, 4.69) is 0 Å². The fraction of sp³-hybridized carbons (Fsp3) is 0.136. The minimum Gasteiger partial charge on any atom is -0.464 e. The van der Waals surface area contributed by atoms with Crippen LogP contribution in [0.25, 0.3) is 0 Å². The Bertz CT molecular complexity index is 1180. The van der Waals surface area contributed by atoms with E-state index < -0.39 is 11.2 Å². The molecule has 2 atom stereocenters. The summed E-state index contributed by atoms with van der Waals surface area (Å²) in [5, 5.41) is 18.4. The largest absolute Gasteiger partial charge is 0.464 e. The molecule has 0 fully saturated rings. The number of hydrogen-bond donors (Lipinski definition) is 0. The summed E-state index contributed by atoms with van der Waals surface area (Å²) in [5.74, 6) is 0.345. The second-order valence-corrected chi connectivity index (χ2v) is 7.59. The topological polar surface area (TPSA) is 68.0 Å². The molecule has 0 saturated heterocycles. The number of nitro benzene ring substituents is 1. The Balaban J connectivity index is 1.60. The van der Waals surface area contributed by atoms with Gasteiger partial charge in [-0.2, -0.15) is 5.10 Å². The van der Waals surface area contributed by atoms with Crippen LogP contribution in [0.5, 0.6) is 5.75 Å². The van der Waals surface area contributed by atoms with E-state index in [9.17, 15) is 14.5 Å². The van der Waals surface area contributed by atoms with Gasteiger partial charge in [0.1, 0.15) is 11.6 Å². The van der Waals surface area contributed by atoms with Crippen molar-refractivity contribution < 1.29 is 14.1 Å². The fourth-order valence-electron chi connectivity index (χ4n) is 3.89. The Morgan fingerprint density at radius 3 is 2.70 bits per heavy atom. The molecular formula is C22H15ClFN3O3. The first-order chi connectivity index (χ1) is 14.5. The van der Waals surface area contributed by atoms with Crippen LogP contribution in [0, 0.1) is 15.9 Å². The van der Waals surface area contributed by atoms with E-state index in [-0.39, 0.29) is 17.5 Å². The molecule has 3 aromatic rings. The molecule has 8 heteroatoms. The molecule has 150 valence electrons. The third kappa shape index (κ3) is 3.17. The zero-order valence-corrected chi connectivity index (χ0v) is 16.3. The summed E-state index contributed by atoms with van der Waals surface area (Å²) in [6.07, 6.45) is -0.0603. The Morgan fingerprint density at radius 2 is 1.93 bits per heavy atom. The van der Waals surface area contributed by atoms with Gasteiger partial charge in [-0.15, -0.1) is 0 Å². The minimum atomic E-state index is -0.637. The standard InChI is InChI=1S/C22H15ClFN3O3/c23-15-6-9-21-18(11-15)20-12-19(13-4-7-16(24)8-5-13)25-26(20)22(30-21)14-2-1-3-17(10-14)27(28)29/h1-11,20,22H,12H2/t20-,22+/m0/s1. The average Bonchev–Trinajstić information content (AvgIpc) is 3.19. The molecule has 0 spiro atoms. The normalized spacial score (nSPS) is 19.5. The molecule has 2 aliphatic heterocycles. The van der Waals surface area contributed by atoms with Gasteiger partial charge in [0, 0.05) is 34.7 Å². The van der Waals surface area contributed by atoms with Crippen LogP contribution in [0.15, 0.2) is 71.8 Å². The van der Waals surface area contributed by atoms with Gasteiger partial charge in [0.05, 0.1) is 16.7 Å². The lowest BCUT2D eigenvalue weighted by Gasteiger charge is -2.38. The van der Waals surface area contributed by atoms with Gasteiger partial charge in [0.15, 0.2) is 0 Å². The lowest BCUT2D eigenvalue weighted by Crippen LogP contribution is -2.33. The van der Waals surface area contributed by atoms with Crippen molar-refractivity contribution in [3.05, 3.63) is 104 Å². The first-order valence-corrected chi connectivity index (χ1v) is 9.69. The zero-order valence-electron chi connectivity index (χ0n) is 15.5. The third-order valence-electron chi connectivity index (χ3n) is 5.30. The number of nitrogens with zero attached hydrogens (tertiary/aromatic N) is 3. The Morgan fingerprint density at radius 1 is 1.13 bits per heavy atom. The van der Waals surface area contributed by atoms with E-state index in [1.807, 2.05) is 6.07 Å². The molecule has 30 heavy (non-hydrogen) atoms. The molecule has 3 aromatic carbocycles. The van der Waals surface area contributed by atoms with Gasteiger partial charge in [0.25, 0.3) is 5.69 Å². The van der Waals surface area contributed by atoms with Crippen molar-refractivity contribution in [3.8, 4) is 5.75 Å². The van der Waals surface area contributed by atoms with Gasteiger partial charge in [-0.1, -0.05) is 35.9 Å². The van der Waals surface area contributed by atoms with Crippen LogP contribution in [0.4, 0.5) is 10.1 Å². The lowest BCUT2D eigenvalue weighted by atomic mass is 9.96. The van der Waals surface area contributed by atoms with Crippen LogP contribution in [-0.4, -0.2) is 15.6 Å². The molecule has 0 aromatic heterocycles. The summed E-state index contributed by atoms with van der Waals surface area (Å²) in [6.45, 7) is 0. The van der Waals surface area contributed by atoms with Gasteiger partial charge >= 0.3 is 0 Å². The number of nitro groups is 1. The summed E-state index contributed by atoms with van der Waals surface area (Å²) >= 11 is 6.22. The molecule has 0 N–H and O–H groups in total. The maximum atomic E-state index is 13.4. The van der Waals surface area contributed by atoms with Gasteiger partial charge in [0.2, 0.25) is 6.23 Å². The van der Waals surface area contributed by atoms with Gasteiger partial charge in [-0.25, -0.2) is 9.40 Å². The average molecular weight is 424 g/mol. The predicted octanol–water partition coefficient (Wildman–Crippen LogP) is 5.63. The molecule has 0 saturated carbocycles. The number of hydrogen-bond acceptors (Lipinski definition) is 5. The van der Waals surface area contributed by atoms with Crippen molar-refractivity contribution in [1.82, 2.24) is 5.01 Å². The number of rotatable bonds is 3. The third-order valence-corrected chi connectivity index (χ3v) is 5.53. The highest BCUT2D eigenvalue weighted by Crippen LogP contribution is 2.48. The number of ether oxygens (including phenoxy) is 1. The maximum Gasteiger partial charge on any atom is 0.269 e. The van der Waals surface area contributed by atoms with Crippen LogP contribution in [-0.2, 0) is 0 Å². The van der Waals surface area contributed by atoms with Crippen molar-refractivity contribution >= 4 is 23.0 Å². The van der Waals surface area contributed by atoms with Gasteiger partial charge in [-0.3, -0.25) is 10.1 Å². The Labute approximate surface area is 176 Å². The molecule has 0 unspecified atom stereocenters. The highest BCUT2D eigenvalue weighted by atomic mass is 35.5. The molecule has 5 rings (SSSR count). The van der Waals surface area contributed by atoms with Crippen LogP contribution >= 0.6 is 11.6 Å². The first-order valence-electron chi connectivity index (χ1n) is 9.32. The van der Waals surface area contributed by atoms with E-state index in [4.69, 9.17) is 21.4 Å². The maximum absolute atomic E-state index is 13.4. The number of halogens is 2.